The van der Waals surface area contributed by atoms with Gasteiger partial charge in [-0.1, -0.05) is 63.6 Å². The van der Waals surface area contributed by atoms with Gasteiger partial charge in [0, 0.05) is 55.9 Å². The Hall–Kier alpha value is -3.12. The van der Waals surface area contributed by atoms with Gasteiger partial charge in [-0.25, -0.2) is 0 Å². The monoisotopic (exact) mass is 544 g/mol. The topological polar surface area (TPSA) is 68.4 Å². The number of allylic oxidation sites excluding steroid dienone is 5. The number of aromatic amines is 1. The number of aromatic nitrogens is 1. The molecular formula is C34H48N4O2. The van der Waals surface area contributed by atoms with E-state index in [-0.39, 0.29) is 11.8 Å². The van der Waals surface area contributed by atoms with E-state index >= 15 is 0 Å². The van der Waals surface area contributed by atoms with Gasteiger partial charge in [0.1, 0.15) is 0 Å². The molecule has 2 aliphatic rings. The van der Waals surface area contributed by atoms with Crippen molar-refractivity contribution >= 4 is 28.3 Å². The van der Waals surface area contributed by atoms with E-state index in [0.717, 1.165) is 43.4 Å². The number of hydrogen-bond acceptors (Lipinski definition) is 3. The maximum atomic E-state index is 12.9. The SMILES string of the molecule is C=C(C)/C=C(\C=C(\C)[C@H](C)CC)c1[nH]c2ccc(C3CCN(C(=O)C(=O)N4CCNCC4)CC3)cc2c1C(C)C. The highest BCUT2D eigenvalue weighted by Crippen LogP contribution is 2.38. The molecule has 6 heteroatoms. The van der Waals surface area contributed by atoms with Crippen LogP contribution >= 0.6 is 0 Å². The number of nitrogens with zero attached hydrogens (tertiary/aromatic N) is 2. The number of benzene rings is 1. The van der Waals surface area contributed by atoms with E-state index < -0.39 is 0 Å². The number of piperidine rings is 1. The Morgan fingerprint density at radius 1 is 1.00 bits per heavy atom. The molecule has 2 fully saturated rings. The lowest BCUT2D eigenvalue weighted by molar-refractivity contribution is -0.152. The van der Waals surface area contributed by atoms with Crippen molar-refractivity contribution in [1.82, 2.24) is 20.1 Å². The standard InChI is InChI=1S/C34H48N4O2/c1-8-24(6)25(7)20-28(19-22(2)3)32-31(23(4)5)29-21-27(9-10-30(29)36-32)26-11-15-37(16-12-26)33(39)34(40)38-17-13-35-14-18-38/h9-10,19-21,23-24,26,35-36H,2,8,11-18H2,1,3-7H3/b25-20-,28-19+/t24-/m1/s1. The molecule has 4 rings (SSSR count). The minimum atomic E-state index is -0.348. The van der Waals surface area contributed by atoms with Gasteiger partial charge in [0.05, 0.1) is 0 Å². The summed E-state index contributed by atoms with van der Waals surface area (Å²) in [6.45, 7) is 21.5. The van der Waals surface area contributed by atoms with Gasteiger partial charge in [-0.2, -0.15) is 0 Å². The summed E-state index contributed by atoms with van der Waals surface area (Å²) in [5, 5.41) is 4.51. The fourth-order valence-corrected chi connectivity index (χ4v) is 6.03. The second-order valence-corrected chi connectivity index (χ2v) is 12.1. The van der Waals surface area contributed by atoms with Crippen molar-refractivity contribution in [2.24, 2.45) is 5.92 Å². The molecule has 0 aliphatic carbocycles. The molecule has 0 bridgehead atoms. The third-order valence-corrected chi connectivity index (χ3v) is 8.74. The third kappa shape index (κ3) is 6.60. The maximum Gasteiger partial charge on any atom is 0.312 e. The summed E-state index contributed by atoms with van der Waals surface area (Å²) in [5.74, 6) is 0.557. The molecule has 2 amide bonds. The van der Waals surface area contributed by atoms with Gasteiger partial charge in [0.25, 0.3) is 0 Å². The average Bonchev–Trinajstić information content (AvgIpc) is 3.35. The van der Waals surface area contributed by atoms with Gasteiger partial charge in [0.15, 0.2) is 0 Å². The first-order chi connectivity index (χ1) is 19.1. The average molecular weight is 545 g/mol. The quantitative estimate of drug-likeness (QED) is 0.314. The van der Waals surface area contributed by atoms with Crippen LogP contribution in [0.25, 0.3) is 16.5 Å². The van der Waals surface area contributed by atoms with Crippen LogP contribution < -0.4 is 5.32 Å². The Balaban J connectivity index is 1.58. The highest BCUT2D eigenvalue weighted by Gasteiger charge is 2.31. The van der Waals surface area contributed by atoms with Crippen LogP contribution in [-0.2, 0) is 9.59 Å². The number of hydrogen-bond donors (Lipinski definition) is 2. The largest absolute Gasteiger partial charge is 0.354 e. The number of rotatable bonds is 7. The van der Waals surface area contributed by atoms with Crippen molar-refractivity contribution in [3.8, 4) is 0 Å². The Kier molecular flexibility index (Phi) is 9.72. The van der Waals surface area contributed by atoms with Crippen LogP contribution in [0.3, 0.4) is 0 Å². The molecule has 2 aromatic rings. The van der Waals surface area contributed by atoms with Crippen LogP contribution in [0.5, 0.6) is 0 Å². The van der Waals surface area contributed by atoms with Crippen molar-refractivity contribution in [2.45, 2.75) is 72.6 Å². The molecule has 3 heterocycles. The van der Waals surface area contributed by atoms with Gasteiger partial charge in [-0.15, -0.1) is 0 Å². The first-order valence-corrected chi connectivity index (χ1v) is 15.1. The second-order valence-electron chi connectivity index (χ2n) is 12.1. The van der Waals surface area contributed by atoms with E-state index in [1.54, 1.807) is 9.80 Å². The van der Waals surface area contributed by atoms with Crippen LogP contribution in [0, 0.1) is 5.92 Å². The van der Waals surface area contributed by atoms with Crippen molar-refractivity contribution in [2.75, 3.05) is 39.3 Å². The van der Waals surface area contributed by atoms with Crippen LogP contribution in [0.2, 0.25) is 0 Å². The number of carbonyl (C=O) groups is 2. The fourth-order valence-electron chi connectivity index (χ4n) is 6.03. The normalized spacial score (nSPS) is 18.5. The number of likely N-dealkylation sites (tertiary alicyclic amines) is 1. The van der Waals surface area contributed by atoms with E-state index in [4.69, 9.17) is 0 Å². The summed E-state index contributed by atoms with van der Waals surface area (Å²) in [5.41, 5.74) is 8.59. The molecule has 0 unspecified atom stereocenters. The first kappa shape index (κ1) is 29.9. The Labute approximate surface area is 240 Å². The number of piperazine rings is 1. The summed E-state index contributed by atoms with van der Waals surface area (Å²) in [6.07, 6.45) is 7.38. The van der Waals surface area contributed by atoms with Gasteiger partial charge in [-0.05, 0) is 79.7 Å². The molecule has 2 saturated heterocycles. The van der Waals surface area contributed by atoms with Crippen molar-refractivity contribution in [3.63, 3.8) is 0 Å². The number of nitrogens with one attached hydrogen (secondary N) is 2. The lowest BCUT2D eigenvalue weighted by Crippen LogP contribution is -2.53. The molecule has 1 aromatic heterocycles. The number of amides is 2. The zero-order chi connectivity index (χ0) is 29.0. The molecule has 40 heavy (non-hydrogen) atoms. The molecule has 216 valence electrons. The Morgan fingerprint density at radius 3 is 2.20 bits per heavy atom. The molecule has 0 radical (unpaired) electrons. The summed E-state index contributed by atoms with van der Waals surface area (Å²) in [4.78, 5) is 32.8. The molecule has 0 spiro atoms. The summed E-state index contributed by atoms with van der Waals surface area (Å²) >= 11 is 0. The first-order valence-electron chi connectivity index (χ1n) is 15.1. The van der Waals surface area contributed by atoms with E-state index in [1.165, 1.54) is 33.4 Å². The summed E-state index contributed by atoms with van der Waals surface area (Å²) < 4.78 is 0. The molecular weight excluding hydrogens is 496 g/mol. The fraction of sp³-hybridized carbons (Fsp3) is 0.529. The van der Waals surface area contributed by atoms with E-state index in [1.807, 2.05) is 0 Å². The van der Waals surface area contributed by atoms with Crippen LogP contribution in [0.1, 0.15) is 89.5 Å². The van der Waals surface area contributed by atoms with Crippen molar-refractivity contribution in [1.29, 1.82) is 0 Å². The van der Waals surface area contributed by atoms with Crippen LogP contribution in [0.4, 0.5) is 0 Å². The lowest BCUT2D eigenvalue weighted by Gasteiger charge is -2.34. The predicted molar refractivity (Wildman–Crippen MR) is 166 cm³/mol. The Morgan fingerprint density at radius 2 is 1.62 bits per heavy atom. The second kappa shape index (κ2) is 13.0. The van der Waals surface area contributed by atoms with Crippen LogP contribution in [-0.4, -0.2) is 65.9 Å². The minimum absolute atomic E-state index is 0.342. The van der Waals surface area contributed by atoms with Crippen LogP contribution in [0.15, 0.2) is 48.1 Å². The highest BCUT2D eigenvalue weighted by molar-refractivity contribution is 6.34. The van der Waals surface area contributed by atoms with Gasteiger partial charge < -0.3 is 20.1 Å². The molecule has 2 aliphatic heterocycles. The highest BCUT2D eigenvalue weighted by atomic mass is 16.2. The van der Waals surface area contributed by atoms with Crippen molar-refractivity contribution < 1.29 is 9.59 Å². The zero-order valence-electron chi connectivity index (χ0n) is 25.4. The summed E-state index contributed by atoms with van der Waals surface area (Å²) in [7, 11) is 0. The number of carbonyl (C=O) groups excluding carboxylic acids is 2. The van der Waals surface area contributed by atoms with E-state index in [9.17, 15) is 9.59 Å². The van der Waals surface area contributed by atoms with Gasteiger partial charge in [0.2, 0.25) is 0 Å². The number of fused-ring (bicyclic) bond motifs is 1. The predicted octanol–water partition coefficient (Wildman–Crippen LogP) is 6.38. The third-order valence-electron chi connectivity index (χ3n) is 8.74. The molecule has 0 saturated carbocycles. The summed E-state index contributed by atoms with van der Waals surface area (Å²) in [6, 6.07) is 6.82. The van der Waals surface area contributed by atoms with E-state index in [0.29, 0.717) is 43.9 Å². The molecule has 1 aromatic carbocycles. The molecule has 2 N–H and O–H groups in total. The molecule has 6 nitrogen and oxygen atoms in total. The zero-order valence-corrected chi connectivity index (χ0v) is 25.4. The van der Waals surface area contributed by atoms with E-state index in [2.05, 4.69) is 88.8 Å². The smallest absolute Gasteiger partial charge is 0.312 e. The molecule has 1 atom stereocenters. The van der Waals surface area contributed by atoms with Gasteiger partial charge in [-0.3, -0.25) is 9.59 Å². The number of H-pyrrole nitrogens is 1. The van der Waals surface area contributed by atoms with Gasteiger partial charge >= 0.3 is 11.8 Å². The Bertz CT molecular complexity index is 1300. The maximum absolute atomic E-state index is 12.9. The minimum Gasteiger partial charge on any atom is -0.354 e. The van der Waals surface area contributed by atoms with Crippen molar-refractivity contribution in [3.05, 3.63) is 64.9 Å². The lowest BCUT2D eigenvalue weighted by atomic mass is 9.87.